The standard InChI is InChI=1S/C14H12ClN3O2S2/c1-9-10(15)3-2-4-11(9)18-22(19,20)14-6-5-13(21-14)12-7-8-16-17-12/h2-8,18H,1H3,(H,16,17). The van der Waals surface area contributed by atoms with E-state index in [-0.39, 0.29) is 4.21 Å². The van der Waals surface area contributed by atoms with Gasteiger partial charge in [-0.05, 0) is 42.8 Å². The first-order valence-electron chi connectivity index (χ1n) is 6.35. The Morgan fingerprint density at radius 1 is 1.23 bits per heavy atom. The third kappa shape index (κ3) is 2.87. The van der Waals surface area contributed by atoms with Crippen LogP contribution in [0.5, 0.6) is 0 Å². The van der Waals surface area contributed by atoms with Crippen LogP contribution < -0.4 is 4.72 Å². The van der Waals surface area contributed by atoms with Crippen molar-refractivity contribution < 1.29 is 8.42 Å². The second-order valence-electron chi connectivity index (χ2n) is 4.61. The van der Waals surface area contributed by atoms with Crippen molar-refractivity contribution in [2.45, 2.75) is 11.1 Å². The molecule has 0 atom stereocenters. The van der Waals surface area contributed by atoms with E-state index >= 15 is 0 Å². The highest BCUT2D eigenvalue weighted by Gasteiger charge is 2.19. The average Bonchev–Trinajstić information content (AvgIpc) is 3.13. The average molecular weight is 354 g/mol. The Hall–Kier alpha value is -1.83. The van der Waals surface area contributed by atoms with E-state index in [2.05, 4.69) is 14.9 Å². The maximum absolute atomic E-state index is 12.5. The van der Waals surface area contributed by atoms with Crippen molar-refractivity contribution in [1.82, 2.24) is 10.2 Å². The molecule has 0 fully saturated rings. The normalized spacial score (nSPS) is 11.5. The molecule has 2 N–H and O–H groups in total. The molecule has 22 heavy (non-hydrogen) atoms. The van der Waals surface area contributed by atoms with E-state index in [1.807, 2.05) is 0 Å². The zero-order valence-electron chi connectivity index (χ0n) is 11.5. The molecule has 3 rings (SSSR count). The minimum atomic E-state index is -3.65. The Bertz CT molecular complexity index is 902. The molecule has 2 heterocycles. The van der Waals surface area contributed by atoms with Crippen LogP contribution >= 0.6 is 22.9 Å². The third-order valence-corrected chi connectivity index (χ3v) is 6.51. The molecule has 1 aromatic carbocycles. The van der Waals surface area contributed by atoms with Gasteiger partial charge in [-0.1, -0.05) is 17.7 Å². The van der Waals surface area contributed by atoms with Gasteiger partial charge in [0.25, 0.3) is 10.0 Å². The molecule has 0 aliphatic carbocycles. The number of nitrogens with zero attached hydrogens (tertiary/aromatic N) is 1. The SMILES string of the molecule is Cc1c(Cl)cccc1NS(=O)(=O)c1ccc(-c2ccn[nH]2)s1. The van der Waals surface area contributed by atoms with Crippen LogP contribution in [0.3, 0.4) is 0 Å². The summed E-state index contributed by atoms with van der Waals surface area (Å²) in [6.07, 6.45) is 1.62. The van der Waals surface area contributed by atoms with Gasteiger partial charge in [-0.25, -0.2) is 8.42 Å². The minimum absolute atomic E-state index is 0.233. The molecule has 2 aromatic heterocycles. The van der Waals surface area contributed by atoms with E-state index in [1.54, 1.807) is 49.5 Å². The summed E-state index contributed by atoms with van der Waals surface area (Å²) in [7, 11) is -3.65. The second kappa shape index (κ2) is 5.75. The summed E-state index contributed by atoms with van der Waals surface area (Å²) >= 11 is 7.19. The van der Waals surface area contributed by atoms with E-state index in [9.17, 15) is 8.42 Å². The van der Waals surface area contributed by atoms with Gasteiger partial charge in [-0.15, -0.1) is 11.3 Å². The van der Waals surface area contributed by atoms with E-state index in [0.717, 1.165) is 10.6 Å². The predicted molar refractivity (Wildman–Crippen MR) is 88.9 cm³/mol. The van der Waals surface area contributed by atoms with Crippen LogP contribution in [-0.4, -0.2) is 18.6 Å². The van der Waals surface area contributed by atoms with Crippen molar-refractivity contribution in [1.29, 1.82) is 0 Å². The Balaban J connectivity index is 1.92. The van der Waals surface area contributed by atoms with Crippen LogP contribution in [0.2, 0.25) is 5.02 Å². The van der Waals surface area contributed by atoms with Gasteiger partial charge in [-0.2, -0.15) is 5.10 Å². The predicted octanol–water partition coefficient (Wildman–Crippen LogP) is 3.90. The number of hydrogen-bond donors (Lipinski definition) is 2. The number of sulfonamides is 1. The number of H-pyrrole nitrogens is 1. The summed E-state index contributed by atoms with van der Waals surface area (Å²) in [5.74, 6) is 0. The summed E-state index contributed by atoms with van der Waals surface area (Å²) < 4.78 is 27.8. The van der Waals surface area contributed by atoms with Crippen molar-refractivity contribution in [3.63, 3.8) is 0 Å². The topological polar surface area (TPSA) is 74.8 Å². The van der Waals surface area contributed by atoms with Crippen molar-refractivity contribution >= 4 is 38.6 Å². The van der Waals surface area contributed by atoms with Crippen molar-refractivity contribution in [2.24, 2.45) is 0 Å². The monoisotopic (exact) mass is 353 g/mol. The van der Waals surface area contributed by atoms with Gasteiger partial charge in [0.15, 0.2) is 0 Å². The number of aromatic nitrogens is 2. The molecule has 8 heteroatoms. The largest absolute Gasteiger partial charge is 0.279 e. The Morgan fingerprint density at radius 3 is 2.77 bits per heavy atom. The zero-order chi connectivity index (χ0) is 15.7. The lowest BCUT2D eigenvalue weighted by atomic mass is 10.2. The smallest absolute Gasteiger partial charge is 0.271 e. The lowest BCUT2D eigenvalue weighted by Gasteiger charge is -2.10. The van der Waals surface area contributed by atoms with E-state index < -0.39 is 10.0 Å². The molecule has 0 radical (unpaired) electrons. The van der Waals surface area contributed by atoms with Gasteiger partial charge in [0.2, 0.25) is 0 Å². The van der Waals surface area contributed by atoms with Crippen LogP contribution in [-0.2, 0) is 10.0 Å². The molecule has 0 aliphatic heterocycles. The minimum Gasteiger partial charge on any atom is -0.279 e. The molecule has 0 unspecified atom stereocenters. The molecular formula is C14H12ClN3O2S2. The number of nitrogens with one attached hydrogen (secondary N) is 2. The molecule has 0 aliphatic rings. The molecule has 0 saturated heterocycles. The molecule has 3 aromatic rings. The highest BCUT2D eigenvalue weighted by molar-refractivity contribution is 7.94. The Morgan fingerprint density at radius 2 is 2.05 bits per heavy atom. The Labute approximate surface area is 137 Å². The first-order chi connectivity index (χ1) is 10.5. The molecule has 114 valence electrons. The second-order valence-corrected chi connectivity index (χ2v) is 8.01. The number of hydrogen-bond acceptors (Lipinski definition) is 4. The van der Waals surface area contributed by atoms with Gasteiger partial charge in [0.1, 0.15) is 4.21 Å². The highest BCUT2D eigenvalue weighted by Crippen LogP contribution is 2.31. The maximum Gasteiger partial charge on any atom is 0.271 e. The van der Waals surface area contributed by atoms with Gasteiger partial charge >= 0.3 is 0 Å². The summed E-state index contributed by atoms with van der Waals surface area (Å²) in [5, 5.41) is 7.19. The number of halogens is 1. The number of anilines is 1. The van der Waals surface area contributed by atoms with Crippen molar-refractivity contribution in [3.05, 3.63) is 53.2 Å². The van der Waals surface area contributed by atoms with E-state index in [0.29, 0.717) is 16.3 Å². The quantitative estimate of drug-likeness (QED) is 0.746. The van der Waals surface area contributed by atoms with E-state index in [1.165, 1.54) is 11.3 Å². The Kier molecular flexibility index (Phi) is 3.94. The van der Waals surface area contributed by atoms with Crippen LogP contribution in [0.15, 0.2) is 46.8 Å². The van der Waals surface area contributed by atoms with Crippen LogP contribution in [0.1, 0.15) is 5.56 Å². The van der Waals surface area contributed by atoms with Crippen LogP contribution in [0.4, 0.5) is 5.69 Å². The molecule has 0 bridgehead atoms. The summed E-state index contributed by atoms with van der Waals surface area (Å²) in [5.41, 5.74) is 1.95. The van der Waals surface area contributed by atoms with Crippen molar-refractivity contribution in [2.75, 3.05) is 4.72 Å². The third-order valence-electron chi connectivity index (χ3n) is 3.12. The number of benzene rings is 1. The number of aromatic amines is 1. The van der Waals surface area contributed by atoms with Crippen LogP contribution in [0.25, 0.3) is 10.6 Å². The van der Waals surface area contributed by atoms with Gasteiger partial charge in [-0.3, -0.25) is 9.82 Å². The lowest BCUT2D eigenvalue weighted by Crippen LogP contribution is -2.12. The molecule has 0 saturated carbocycles. The summed E-state index contributed by atoms with van der Waals surface area (Å²) in [6, 6.07) is 10.2. The first kappa shape index (κ1) is 15.1. The molecule has 5 nitrogen and oxygen atoms in total. The maximum atomic E-state index is 12.5. The fraction of sp³-hybridized carbons (Fsp3) is 0.0714. The molecule has 0 amide bonds. The van der Waals surface area contributed by atoms with Gasteiger partial charge in [0.05, 0.1) is 16.3 Å². The molecule has 0 spiro atoms. The zero-order valence-corrected chi connectivity index (χ0v) is 13.9. The number of rotatable bonds is 4. The fourth-order valence-electron chi connectivity index (χ4n) is 1.92. The van der Waals surface area contributed by atoms with Gasteiger partial charge < -0.3 is 0 Å². The number of thiophene rings is 1. The highest BCUT2D eigenvalue weighted by atomic mass is 35.5. The van der Waals surface area contributed by atoms with E-state index in [4.69, 9.17) is 11.6 Å². The van der Waals surface area contributed by atoms with Crippen molar-refractivity contribution in [3.8, 4) is 10.6 Å². The van der Waals surface area contributed by atoms with Gasteiger partial charge in [0, 0.05) is 11.2 Å². The molecular weight excluding hydrogens is 342 g/mol. The summed E-state index contributed by atoms with van der Waals surface area (Å²) in [6.45, 7) is 1.77. The lowest BCUT2D eigenvalue weighted by molar-refractivity contribution is 0.603. The first-order valence-corrected chi connectivity index (χ1v) is 9.02. The summed E-state index contributed by atoms with van der Waals surface area (Å²) in [4.78, 5) is 0.806. The fourth-order valence-corrected chi connectivity index (χ4v) is 4.49. The van der Waals surface area contributed by atoms with Crippen LogP contribution in [0, 0.1) is 6.92 Å².